The van der Waals surface area contributed by atoms with Gasteiger partial charge in [-0.1, -0.05) is 6.07 Å². The lowest BCUT2D eigenvalue weighted by Crippen LogP contribution is -2.31. The van der Waals surface area contributed by atoms with Crippen LogP contribution in [-0.4, -0.2) is 34.4 Å². The second kappa shape index (κ2) is 5.23. The first-order chi connectivity index (χ1) is 10.0. The van der Waals surface area contributed by atoms with Gasteiger partial charge in [0.05, 0.1) is 23.1 Å². The average molecular weight is 306 g/mol. The maximum atomic E-state index is 13.0. The van der Waals surface area contributed by atoms with E-state index >= 15 is 0 Å². The van der Waals surface area contributed by atoms with Gasteiger partial charge >= 0.3 is 0 Å². The topological polar surface area (TPSA) is 79.0 Å². The molecule has 0 bridgehead atoms. The van der Waals surface area contributed by atoms with Crippen molar-refractivity contribution in [3.8, 4) is 0 Å². The fourth-order valence-electron chi connectivity index (χ4n) is 2.93. The predicted molar refractivity (Wildman–Crippen MR) is 78.2 cm³/mol. The van der Waals surface area contributed by atoms with E-state index in [1.165, 1.54) is 0 Å². The van der Waals surface area contributed by atoms with Crippen molar-refractivity contribution < 1.29 is 8.42 Å². The molecule has 1 saturated heterocycles. The molecule has 0 spiro atoms. The van der Waals surface area contributed by atoms with Gasteiger partial charge in [0, 0.05) is 12.7 Å². The number of hydrogen-bond acceptors (Lipinski definition) is 4. The molecule has 2 aromatic heterocycles. The Hall–Kier alpha value is -1.73. The minimum absolute atomic E-state index is 0.190. The molecule has 1 fully saturated rings. The molecule has 0 aromatic carbocycles. The first-order valence-corrected chi connectivity index (χ1v) is 8.40. The number of pyridine rings is 1. The van der Waals surface area contributed by atoms with E-state index in [4.69, 9.17) is 0 Å². The van der Waals surface area contributed by atoms with Gasteiger partial charge < -0.3 is 0 Å². The fraction of sp³-hybridized carbons (Fsp3) is 0.429. The summed E-state index contributed by atoms with van der Waals surface area (Å²) < 4.78 is 27.5. The lowest BCUT2D eigenvalue weighted by molar-refractivity contribution is 0.390. The summed E-state index contributed by atoms with van der Waals surface area (Å²) in [5, 5.41) is 6.75. The summed E-state index contributed by atoms with van der Waals surface area (Å²) in [5.74, 6) is 0. The van der Waals surface area contributed by atoms with Crippen molar-refractivity contribution in [3.05, 3.63) is 41.5 Å². The highest BCUT2D eigenvalue weighted by Gasteiger charge is 2.39. The van der Waals surface area contributed by atoms with Gasteiger partial charge in [0.1, 0.15) is 4.90 Å². The summed E-state index contributed by atoms with van der Waals surface area (Å²) in [6.45, 7) is 3.97. The Bertz CT molecular complexity index is 720. The van der Waals surface area contributed by atoms with Gasteiger partial charge in [-0.3, -0.25) is 10.1 Å². The summed E-state index contributed by atoms with van der Waals surface area (Å²) in [4.78, 5) is 4.62. The Labute approximate surface area is 124 Å². The molecule has 21 heavy (non-hydrogen) atoms. The van der Waals surface area contributed by atoms with Crippen molar-refractivity contribution in [3.63, 3.8) is 0 Å². The number of nitrogens with zero attached hydrogens (tertiary/aromatic N) is 3. The molecule has 112 valence electrons. The Morgan fingerprint density at radius 3 is 2.76 bits per heavy atom. The molecule has 0 amide bonds. The number of nitrogens with one attached hydrogen (secondary N) is 1. The van der Waals surface area contributed by atoms with E-state index in [1.54, 1.807) is 24.3 Å². The number of H-pyrrole nitrogens is 1. The zero-order chi connectivity index (χ0) is 15.0. The van der Waals surface area contributed by atoms with Gasteiger partial charge in [0.2, 0.25) is 10.0 Å². The smallest absolute Gasteiger partial charge is 0.247 e. The van der Waals surface area contributed by atoms with Crippen molar-refractivity contribution in [2.24, 2.45) is 0 Å². The van der Waals surface area contributed by atoms with Crippen molar-refractivity contribution in [1.82, 2.24) is 19.5 Å². The van der Waals surface area contributed by atoms with Gasteiger partial charge in [0.25, 0.3) is 0 Å². The van der Waals surface area contributed by atoms with Crippen LogP contribution in [0.3, 0.4) is 0 Å². The Morgan fingerprint density at radius 2 is 2.14 bits per heavy atom. The van der Waals surface area contributed by atoms with Crippen LogP contribution in [0.15, 0.2) is 29.3 Å². The summed E-state index contributed by atoms with van der Waals surface area (Å²) in [6, 6.07) is 5.42. The number of hydrogen-bond donors (Lipinski definition) is 1. The highest BCUT2D eigenvalue weighted by molar-refractivity contribution is 7.89. The lowest BCUT2D eigenvalue weighted by Gasteiger charge is -2.23. The molecule has 3 rings (SSSR count). The summed E-state index contributed by atoms with van der Waals surface area (Å²) in [5.41, 5.74) is 1.90. The largest absolute Gasteiger partial charge is 0.281 e. The zero-order valence-electron chi connectivity index (χ0n) is 12.1. The molecule has 7 heteroatoms. The van der Waals surface area contributed by atoms with E-state index in [0.29, 0.717) is 22.8 Å². The number of aromatic nitrogens is 3. The second-order valence-corrected chi connectivity index (χ2v) is 7.12. The van der Waals surface area contributed by atoms with Crippen molar-refractivity contribution in [2.45, 2.75) is 37.6 Å². The quantitative estimate of drug-likeness (QED) is 0.940. The van der Waals surface area contributed by atoms with Gasteiger partial charge in [-0.25, -0.2) is 8.42 Å². The molecule has 1 aliphatic heterocycles. The normalized spacial score (nSPS) is 20.0. The number of sulfonamides is 1. The monoisotopic (exact) mass is 306 g/mol. The molecule has 0 saturated carbocycles. The molecular formula is C14H18N4O2S. The Kier molecular flexibility index (Phi) is 3.54. The first-order valence-electron chi connectivity index (χ1n) is 6.96. The van der Waals surface area contributed by atoms with Crippen LogP contribution in [0.4, 0.5) is 0 Å². The van der Waals surface area contributed by atoms with Crippen LogP contribution in [0.25, 0.3) is 0 Å². The van der Waals surface area contributed by atoms with E-state index in [-0.39, 0.29) is 6.04 Å². The van der Waals surface area contributed by atoms with E-state index in [1.807, 2.05) is 18.2 Å². The van der Waals surface area contributed by atoms with Gasteiger partial charge in [0.15, 0.2) is 0 Å². The molecule has 1 N–H and O–H groups in total. The van der Waals surface area contributed by atoms with Crippen molar-refractivity contribution in [2.75, 3.05) is 6.54 Å². The van der Waals surface area contributed by atoms with E-state index in [2.05, 4.69) is 15.2 Å². The van der Waals surface area contributed by atoms with Crippen LogP contribution in [-0.2, 0) is 10.0 Å². The molecule has 1 aliphatic rings. The molecule has 0 radical (unpaired) electrons. The summed E-state index contributed by atoms with van der Waals surface area (Å²) >= 11 is 0. The van der Waals surface area contributed by atoms with Crippen LogP contribution in [0.1, 0.15) is 36.0 Å². The molecule has 6 nitrogen and oxygen atoms in total. The zero-order valence-corrected chi connectivity index (χ0v) is 12.9. The Balaban J connectivity index is 2.03. The van der Waals surface area contributed by atoms with Crippen LogP contribution in [0.5, 0.6) is 0 Å². The van der Waals surface area contributed by atoms with Crippen molar-refractivity contribution >= 4 is 10.0 Å². The third-order valence-corrected chi connectivity index (χ3v) is 6.03. The average Bonchev–Trinajstić information content (AvgIpc) is 3.07. The molecule has 3 heterocycles. The van der Waals surface area contributed by atoms with E-state index in [0.717, 1.165) is 18.5 Å². The highest BCUT2D eigenvalue weighted by atomic mass is 32.2. The predicted octanol–water partition coefficient (Wildman–Crippen LogP) is 1.95. The highest BCUT2D eigenvalue weighted by Crippen LogP contribution is 2.36. The first kappa shape index (κ1) is 14.2. The van der Waals surface area contributed by atoms with Gasteiger partial charge in [-0.2, -0.15) is 9.40 Å². The minimum atomic E-state index is -3.55. The van der Waals surface area contributed by atoms with Crippen LogP contribution in [0.2, 0.25) is 0 Å². The van der Waals surface area contributed by atoms with Gasteiger partial charge in [-0.05, 0) is 38.8 Å². The number of rotatable bonds is 3. The third-order valence-electron chi connectivity index (χ3n) is 3.86. The van der Waals surface area contributed by atoms with Crippen LogP contribution < -0.4 is 0 Å². The lowest BCUT2D eigenvalue weighted by atomic mass is 10.1. The Morgan fingerprint density at radius 1 is 1.33 bits per heavy atom. The molecular weight excluding hydrogens is 288 g/mol. The van der Waals surface area contributed by atoms with E-state index < -0.39 is 10.0 Å². The number of aryl methyl sites for hydroxylation is 2. The van der Waals surface area contributed by atoms with E-state index in [9.17, 15) is 8.42 Å². The van der Waals surface area contributed by atoms with Gasteiger partial charge in [-0.15, -0.1) is 0 Å². The molecule has 1 unspecified atom stereocenters. The standard InChI is InChI=1S/C14H18N4O2S/c1-10-14(11(2)17-16-10)21(19,20)18-9-5-7-13(18)12-6-3-4-8-15-12/h3-4,6,8,13H,5,7,9H2,1-2H3,(H,16,17). The minimum Gasteiger partial charge on any atom is -0.281 e. The SMILES string of the molecule is Cc1n[nH]c(C)c1S(=O)(=O)N1CCCC1c1ccccn1. The maximum absolute atomic E-state index is 13.0. The maximum Gasteiger partial charge on any atom is 0.247 e. The molecule has 2 aromatic rings. The fourth-order valence-corrected chi connectivity index (χ4v) is 4.94. The number of aromatic amines is 1. The molecule has 0 aliphatic carbocycles. The second-order valence-electron chi connectivity index (χ2n) is 5.29. The van der Waals surface area contributed by atoms with Crippen LogP contribution >= 0.6 is 0 Å². The van der Waals surface area contributed by atoms with Crippen LogP contribution in [0, 0.1) is 13.8 Å². The summed E-state index contributed by atoms with van der Waals surface area (Å²) in [6.07, 6.45) is 3.34. The summed E-state index contributed by atoms with van der Waals surface area (Å²) in [7, 11) is -3.55. The van der Waals surface area contributed by atoms with Crippen molar-refractivity contribution in [1.29, 1.82) is 0 Å². The third kappa shape index (κ3) is 2.36. The molecule has 1 atom stereocenters.